The average Bonchev–Trinajstić information content (AvgIpc) is 2.81. The maximum Gasteiger partial charge on any atom is 0.419 e. The Labute approximate surface area is 126 Å². The first-order valence-electron chi connectivity index (χ1n) is 6.06. The summed E-state index contributed by atoms with van der Waals surface area (Å²) in [5, 5.41) is 0.710. The number of hydrogen-bond acceptors (Lipinski definition) is 1. The average molecular weight is 356 g/mol. The highest BCUT2D eigenvalue weighted by atomic mass is 79.9. The van der Waals surface area contributed by atoms with E-state index in [2.05, 4.69) is 20.9 Å². The molecule has 0 aliphatic rings. The molecule has 2 nitrogen and oxygen atoms in total. The zero-order valence-electron chi connectivity index (χ0n) is 10.5. The molecule has 1 heterocycles. The van der Waals surface area contributed by atoms with E-state index in [1.165, 1.54) is 18.2 Å². The predicted octanol–water partition coefficient (Wildman–Crippen LogP) is 5.74. The van der Waals surface area contributed by atoms with Crippen molar-refractivity contribution in [1.82, 2.24) is 4.98 Å². The van der Waals surface area contributed by atoms with Crippen molar-refractivity contribution in [3.63, 3.8) is 0 Å². The van der Waals surface area contributed by atoms with E-state index < -0.39 is 11.7 Å². The number of nitrogens with one attached hydrogen (secondary N) is 1. The van der Waals surface area contributed by atoms with Crippen molar-refractivity contribution < 1.29 is 17.9 Å². The molecule has 0 unspecified atom stereocenters. The number of aromatic amines is 1. The van der Waals surface area contributed by atoms with E-state index in [1.807, 2.05) is 12.1 Å². The van der Waals surface area contributed by atoms with Gasteiger partial charge >= 0.3 is 6.18 Å². The molecule has 108 valence electrons. The largest absolute Gasteiger partial charge is 0.454 e. The summed E-state index contributed by atoms with van der Waals surface area (Å²) in [6.45, 7) is 0. The Bertz CT molecular complexity index is 795. The lowest BCUT2D eigenvalue weighted by Crippen LogP contribution is -2.06. The van der Waals surface area contributed by atoms with E-state index in [4.69, 9.17) is 4.74 Å². The Morgan fingerprint density at radius 2 is 1.76 bits per heavy atom. The number of H-pyrrole nitrogens is 1. The van der Waals surface area contributed by atoms with Gasteiger partial charge in [-0.2, -0.15) is 13.2 Å². The van der Waals surface area contributed by atoms with Crippen molar-refractivity contribution in [3.05, 3.63) is 58.7 Å². The van der Waals surface area contributed by atoms with Crippen molar-refractivity contribution in [2.24, 2.45) is 0 Å². The fourth-order valence-corrected chi connectivity index (χ4v) is 2.42. The summed E-state index contributed by atoms with van der Waals surface area (Å²) in [6.07, 6.45) is -2.91. The van der Waals surface area contributed by atoms with Crippen LogP contribution in [0.3, 0.4) is 0 Å². The molecule has 0 aliphatic carbocycles. The highest BCUT2D eigenvalue weighted by Gasteiger charge is 2.34. The zero-order valence-corrected chi connectivity index (χ0v) is 12.1. The van der Waals surface area contributed by atoms with E-state index in [-0.39, 0.29) is 5.75 Å². The second-order valence-corrected chi connectivity index (χ2v) is 5.35. The van der Waals surface area contributed by atoms with Gasteiger partial charge in [0, 0.05) is 21.6 Å². The van der Waals surface area contributed by atoms with Crippen LogP contribution in [0.1, 0.15) is 5.56 Å². The molecule has 3 rings (SSSR count). The minimum absolute atomic E-state index is 0.217. The number of para-hydroxylation sites is 1. The summed E-state index contributed by atoms with van der Waals surface area (Å²) in [4.78, 5) is 2.97. The number of hydrogen-bond donors (Lipinski definition) is 1. The van der Waals surface area contributed by atoms with Gasteiger partial charge in [-0.3, -0.25) is 0 Å². The van der Waals surface area contributed by atoms with Crippen LogP contribution >= 0.6 is 15.9 Å². The van der Waals surface area contributed by atoms with E-state index in [0.29, 0.717) is 11.1 Å². The molecule has 0 aliphatic heterocycles. The number of rotatable bonds is 2. The van der Waals surface area contributed by atoms with E-state index >= 15 is 0 Å². The van der Waals surface area contributed by atoms with Crippen LogP contribution in [0.5, 0.6) is 11.5 Å². The summed E-state index contributed by atoms with van der Waals surface area (Å²) in [5.41, 5.74) is -0.00737. The van der Waals surface area contributed by atoms with E-state index in [0.717, 1.165) is 16.1 Å². The van der Waals surface area contributed by atoms with Crippen molar-refractivity contribution >= 4 is 26.8 Å². The molecule has 1 N–H and O–H groups in total. The quantitative estimate of drug-likeness (QED) is 0.622. The van der Waals surface area contributed by atoms with Crippen molar-refractivity contribution in [2.45, 2.75) is 6.18 Å². The van der Waals surface area contributed by atoms with Crippen LogP contribution in [0.4, 0.5) is 13.2 Å². The van der Waals surface area contributed by atoms with Gasteiger partial charge in [0.15, 0.2) is 5.75 Å². The fourth-order valence-electron chi connectivity index (χ4n) is 2.06. The van der Waals surface area contributed by atoms with Crippen molar-refractivity contribution in [2.75, 3.05) is 0 Å². The number of aromatic nitrogens is 1. The third-order valence-corrected chi connectivity index (χ3v) is 3.51. The predicted molar refractivity (Wildman–Crippen MR) is 77.5 cm³/mol. The molecule has 0 spiro atoms. The van der Waals surface area contributed by atoms with Gasteiger partial charge in [0.1, 0.15) is 5.75 Å². The van der Waals surface area contributed by atoms with Gasteiger partial charge < -0.3 is 9.72 Å². The summed E-state index contributed by atoms with van der Waals surface area (Å²) in [7, 11) is 0. The van der Waals surface area contributed by atoms with Crippen LogP contribution < -0.4 is 4.74 Å². The number of ether oxygens (including phenoxy) is 1. The molecule has 3 aromatic rings. The SMILES string of the molecule is FC(F)(F)c1ccccc1Oc1c[nH]c2ccc(Br)cc12. The van der Waals surface area contributed by atoms with Crippen molar-refractivity contribution in [3.8, 4) is 11.5 Å². The Morgan fingerprint density at radius 1 is 1.00 bits per heavy atom. The third kappa shape index (κ3) is 2.76. The molecule has 0 bridgehead atoms. The van der Waals surface area contributed by atoms with Crippen LogP contribution in [0.25, 0.3) is 10.9 Å². The molecule has 0 amide bonds. The lowest BCUT2D eigenvalue weighted by Gasteiger charge is -2.12. The lowest BCUT2D eigenvalue weighted by molar-refractivity contribution is -0.138. The highest BCUT2D eigenvalue weighted by molar-refractivity contribution is 9.10. The Morgan fingerprint density at radius 3 is 2.52 bits per heavy atom. The molecule has 0 radical (unpaired) electrons. The highest BCUT2D eigenvalue weighted by Crippen LogP contribution is 2.39. The number of halogens is 4. The zero-order chi connectivity index (χ0) is 15.0. The van der Waals surface area contributed by atoms with Gasteiger partial charge in [-0.1, -0.05) is 28.1 Å². The lowest BCUT2D eigenvalue weighted by atomic mass is 10.2. The second-order valence-electron chi connectivity index (χ2n) is 4.44. The minimum atomic E-state index is -4.46. The Hall–Kier alpha value is -1.95. The van der Waals surface area contributed by atoms with E-state index in [9.17, 15) is 13.2 Å². The molecule has 21 heavy (non-hydrogen) atoms. The van der Waals surface area contributed by atoms with Crippen LogP contribution in [-0.4, -0.2) is 4.98 Å². The molecule has 6 heteroatoms. The topological polar surface area (TPSA) is 25.0 Å². The fraction of sp³-hybridized carbons (Fsp3) is 0.0667. The van der Waals surface area contributed by atoms with Gasteiger partial charge in [0.05, 0.1) is 5.56 Å². The summed E-state index contributed by atoms with van der Waals surface area (Å²) < 4.78 is 45.2. The van der Waals surface area contributed by atoms with Crippen LogP contribution in [-0.2, 0) is 6.18 Å². The van der Waals surface area contributed by atoms with Gasteiger partial charge in [-0.05, 0) is 30.3 Å². The maximum absolute atomic E-state index is 13.0. The van der Waals surface area contributed by atoms with Crippen molar-refractivity contribution in [1.29, 1.82) is 0 Å². The first-order valence-corrected chi connectivity index (χ1v) is 6.85. The molecular weight excluding hydrogens is 347 g/mol. The van der Waals surface area contributed by atoms with Crippen LogP contribution in [0.15, 0.2) is 53.1 Å². The Kier molecular flexibility index (Phi) is 3.41. The molecular formula is C15H9BrF3NO. The molecule has 0 saturated heterocycles. The smallest absolute Gasteiger partial charge is 0.419 e. The first kappa shape index (κ1) is 14.0. The monoisotopic (exact) mass is 355 g/mol. The molecule has 2 aromatic carbocycles. The second kappa shape index (κ2) is 5.11. The third-order valence-electron chi connectivity index (χ3n) is 3.02. The van der Waals surface area contributed by atoms with Gasteiger partial charge in [-0.25, -0.2) is 0 Å². The standard InChI is InChI=1S/C15H9BrF3NO/c16-9-5-6-12-10(7-9)14(8-20-12)21-13-4-2-1-3-11(13)15(17,18)19/h1-8,20H. The minimum Gasteiger partial charge on any atom is -0.454 e. The molecule has 0 saturated carbocycles. The number of benzene rings is 2. The summed E-state index contributed by atoms with van der Waals surface area (Å²) in [6, 6.07) is 10.6. The van der Waals surface area contributed by atoms with Gasteiger partial charge in [0.2, 0.25) is 0 Å². The number of alkyl halides is 3. The van der Waals surface area contributed by atoms with Crippen LogP contribution in [0.2, 0.25) is 0 Å². The van der Waals surface area contributed by atoms with E-state index in [1.54, 1.807) is 12.3 Å². The van der Waals surface area contributed by atoms with Crippen LogP contribution in [0, 0.1) is 0 Å². The van der Waals surface area contributed by atoms with Gasteiger partial charge in [0.25, 0.3) is 0 Å². The van der Waals surface area contributed by atoms with Gasteiger partial charge in [-0.15, -0.1) is 0 Å². The molecule has 1 aromatic heterocycles. The Balaban J connectivity index is 2.05. The normalized spacial score (nSPS) is 11.8. The maximum atomic E-state index is 13.0. The first-order chi connectivity index (χ1) is 9.95. The summed E-state index contributed by atoms with van der Waals surface area (Å²) in [5.74, 6) is 0.133. The summed E-state index contributed by atoms with van der Waals surface area (Å²) >= 11 is 3.33. The molecule has 0 atom stereocenters. The molecule has 0 fully saturated rings. The number of fused-ring (bicyclic) bond motifs is 1.